The van der Waals surface area contributed by atoms with Crippen LogP contribution in [0, 0.1) is 11.8 Å². The minimum Gasteiger partial charge on any atom is -0.497 e. The monoisotopic (exact) mass is 303 g/mol. The molecule has 118 valence electrons. The maximum absolute atomic E-state index is 11.7. The zero-order valence-corrected chi connectivity index (χ0v) is 12.7. The summed E-state index contributed by atoms with van der Waals surface area (Å²) in [5.74, 6) is 6.69. The van der Waals surface area contributed by atoms with Crippen molar-refractivity contribution in [2.75, 3.05) is 51.8 Å². The molecule has 0 saturated carbocycles. The Morgan fingerprint density at radius 3 is 2.95 bits per heavy atom. The zero-order chi connectivity index (χ0) is 15.6. The van der Waals surface area contributed by atoms with Crippen molar-refractivity contribution in [3.8, 4) is 17.6 Å². The molecule has 1 aliphatic heterocycles. The first-order valence-electron chi connectivity index (χ1n) is 7.22. The van der Waals surface area contributed by atoms with E-state index in [1.54, 1.807) is 19.2 Å². The average Bonchev–Trinajstić information content (AvgIpc) is 2.55. The number of nitrogens with one attached hydrogen (secondary N) is 2. The van der Waals surface area contributed by atoms with Gasteiger partial charge in [-0.25, -0.2) is 4.79 Å². The number of hydrogen-bond donors (Lipinski definition) is 2. The number of anilines is 1. The van der Waals surface area contributed by atoms with Crippen LogP contribution in [0.25, 0.3) is 0 Å². The fraction of sp³-hybridized carbons (Fsp3) is 0.438. The van der Waals surface area contributed by atoms with E-state index >= 15 is 0 Å². The Kier molecular flexibility index (Phi) is 6.55. The number of amides is 2. The van der Waals surface area contributed by atoms with Crippen molar-refractivity contribution in [2.24, 2.45) is 0 Å². The van der Waals surface area contributed by atoms with Gasteiger partial charge in [-0.15, -0.1) is 0 Å². The van der Waals surface area contributed by atoms with Crippen molar-refractivity contribution >= 4 is 11.7 Å². The van der Waals surface area contributed by atoms with Gasteiger partial charge >= 0.3 is 6.03 Å². The lowest BCUT2D eigenvalue weighted by atomic mass is 10.3. The van der Waals surface area contributed by atoms with Gasteiger partial charge in [0.2, 0.25) is 0 Å². The first-order chi connectivity index (χ1) is 10.8. The molecule has 0 atom stereocenters. The predicted molar refractivity (Wildman–Crippen MR) is 85.1 cm³/mol. The van der Waals surface area contributed by atoms with E-state index in [4.69, 9.17) is 9.47 Å². The molecule has 0 radical (unpaired) electrons. The number of morpholine rings is 1. The summed E-state index contributed by atoms with van der Waals surface area (Å²) in [6.45, 7) is 4.39. The predicted octanol–water partition coefficient (Wildman–Crippen LogP) is 1.15. The molecule has 2 rings (SSSR count). The summed E-state index contributed by atoms with van der Waals surface area (Å²) in [7, 11) is 1.59. The summed E-state index contributed by atoms with van der Waals surface area (Å²) in [6, 6.07) is 6.90. The summed E-state index contributed by atoms with van der Waals surface area (Å²) in [4.78, 5) is 13.9. The number of hydrogen-bond acceptors (Lipinski definition) is 4. The van der Waals surface area contributed by atoms with Crippen molar-refractivity contribution in [3.63, 3.8) is 0 Å². The average molecular weight is 303 g/mol. The fourth-order valence-corrected chi connectivity index (χ4v) is 1.99. The Balaban J connectivity index is 1.67. The highest BCUT2D eigenvalue weighted by Gasteiger charge is 2.07. The molecule has 1 aromatic carbocycles. The molecule has 1 aromatic rings. The minimum absolute atomic E-state index is 0.283. The molecule has 2 N–H and O–H groups in total. The Morgan fingerprint density at radius 1 is 1.36 bits per heavy atom. The lowest BCUT2D eigenvalue weighted by Gasteiger charge is -2.24. The molecule has 0 spiro atoms. The van der Waals surface area contributed by atoms with Crippen LogP contribution >= 0.6 is 0 Å². The largest absolute Gasteiger partial charge is 0.497 e. The Bertz CT molecular complexity index is 545. The van der Waals surface area contributed by atoms with E-state index in [1.807, 2.05) is 12.1 Å². The van der Waals surface area contributed by atoms with Crippen LogP contribution in [0.5, 0.6) is 5.75 Å². The normalized spacial score (nSPS) is 14.6. The first kappa shape index (κ1) is 16.1. The van der Waals surface area contributed by atoms with E-state index in [2.05, 4.69) is 27.4 Å². The van der Waals surface area contributed by atoms with Crippen LogP contribution in [0.15, 0.2) is 24.3 Å². The molecule has 22 heavy (non-hydrogen) atoms. The zero-order valence-electron chi connectivity index (χ0n) is 12.7. The quantitative estimate of drug-likeness (QED) is 0.819. The number of nitrogens with zero attached hydrogens (tertiary/aromatic N) is 1. The van der Waals surface area contributed by atoms with Gasteiger partial charge in [0.25, 0.3) is 0 Å². The first-order valence-corrected chi connectivity index (χ1v) is 7.22. The Labute approximate surface area is 130 Å². The third-order valence-corrected chi connectivity index (χ3v) is 3.20. The summed E-state index contributed by atoms with van der Waals surface area (Å²) < 4.78 is 10.4. The smallest absolute Gasteiger partial charge is 0.319 e. The third-order valence-electron chi connectivity index (χ3n) is 3.20. The van der Waals surface area contributed by atoms with Gasteiger partial charge in [-0.3, -0.25) is 4.90 Å². The number of carbonyl (C=O) groups excluding carboxylic acids is 1. The number of benzene rings is 1. The molecule has 6 nitrogen and oxygen atoms in total. The molecule has 2 amide bonds. The van der Waals surface area contributed by atoms with Crippen LogP contribution in [0.2, 0.25) is 0 Å². The minimum atomic E-state index is -0.283. The van der Waals surface area contributed by atoms with E-state index in [1.165, 1.54) is 0 Å². The molecule has 0 aromatic heterocycles. The Morgan fingerprint density at radius 2 is 2.18 bits per heavy atom. The second-order valence-corrected chi connectivity index (χ2v) is 4.78. The van der Waals surface area contributed by atoms with E-state index in [0.29, 0.717) is 24.5 Å². The van der Waals surface area contributed by atoms with Crippen molar-refractivity contribution in [3.05, 3.63) is 24.3 Å². The molecule has 1 aliphatic rings. The molecule has 1 heterocycles. The van der Waals surface area contributed by atoms with Crippen LogP contribution in [0.3, 0.4) is 0 Å². The summed E-state index contributed by atoms with van der Waals surface area (Å²) in [5.41, 5.74) is 0.679. The van der Waals surface area contributed by atoms with Crippen molar-refractivity contribution in [1.29, 1.82) is 0 Å². The molecule has 0 aliphatic carbocycles. The number of carbonyl (C=O) groups is 1. The number of ether oxygens (including phenoxy) is 2. The van der Waals surface area contributed by atoms with Crippen molar-refractivity contribution in [2.45, 2.75) is 0 Å². The maximum atomic E-state index is 11.7. The highest BCUT2D eigenvalue weighted by Crippen LogP contribution is 2.16. The van der Waals surface area contributed by atoms with E-state index in [-0.39, 0.29) is 6.03 Å². The number of methoxy groups -OCH3 is 1. The van der Waals surface area contributed by atoms with Crippen LogP contribution in [-0.2, 0) is 4.74 Å². The molecule has 6 heteroatoms. The van der Waals surface area contributed by atoms with Gasteiger partial charge < -0.3 is 20.1 Å². The van der Waals surface area contributed by atoms with Gasteiger partial charge in [-0.2, -0.15) is 0 Å². The lowest BCUT2D eigenvalue weighted by molar-refractivity contribution is 0.0443. The standard InChI is InChI=1S/C16H21N3O3/c1-21-15-6-4-5-14(13-15)18-16(20)17-7-2-3-8-19-9-11-22-12-10-19/h4-6,13H,7-12H2,1H3,(H2,17,18,20). The van der Waals surface area contributed by atoms with Gasteiger partial charge in [0.1, 0.15) is 5.75 Å². The molecular weight excluding hydrogens is 282 g/mol. The van der Waals surface area contributed by atoms with E-state index < -0.39 is 0 Å². The number of urea groups is 1. The summed E-state index contributed by atoms with van der Waals surface area (Å²) >= 11 is 0. The van der Waals surface area contributed by atoms with Crippen LogP contribution in [0.1, 0.15) is 0 Å². The highest BCUT2D eigenvalue weighted by molar-refractivity contribution is 5.89. The lowest BCUT2D eigenvalue weighted by Crippen LogP contribution is -2.36. The van der Waals surface area contributed by atoms with Crippen LogP contribution in [0.4, 0.5) is 10.5 Å². The highest BCUT2D eigenvalue weighted by atomic mass is 16.5. The van der Waals surface area contributed by atoms with Gasteiger partial charge in [-0.05, 0) is 12.1 Å². The van der Waals surface area contributed by atoms with E-state index in [9.17, 15) is 4.79 Å². The molecule has 0 bridgehead atoms. The molecule has 1 saturated heterocycles. The van der Waals surface area contributed by atoms with Crippen LogP contribution in [-0.4, -0.2) is 57.4 Å². The van der Waals surface area contributed by atoms with Crippen molar-refractivity contribution in [1.82, 2.24) is 10.2 Å². The fourth-order valence-electron chi connectivity index (χ4n) is 1.99. The summed E-state index contributed by atoms with van der Waals surface area (Å²) in [5, 5.41) is 5.43. The third kappa shape index (κ3) is 5.64. The van der Waals surface area contributed by atoms with Gasteiger partial charge in [0, 0.05) is 24.8 Å². The number of rotatable bonds is 4. The van der Waals surface area contributed by atoms with Crippen molar-refractivity contribution < 1.29 is 14.3 Å². The molecule has 1 fully saturated rings. The maximum Gasteiger partial charge on any atom is 0.319 e. The van der Waals surface area contributed by atoms with Gasteiger partial charge in [0.05, 0.1) is 33.4 Å². The second kappa shape index (κ2) is 8.93. The van der Waals surface area contributed by atoms with E-state index in [0.717, 1.165) is 26.3 Å². The molecular formula is C16H21N3O3. The SMILES string of the molecule is COc1cccc(NC(=O)NCC#CCN2CCOCC2)c1. The summed E-state index contributed by atoms with van der Waals surface area (Å²) in [6.07, 6.45) is 0. The van der Waals surface area contributed by atoms with Gasteiger partial charge in [0.15, 0.2) is 0 Å². The Hall–Kier alpha value is -2.23. The molecule has 0 unspecified atom stereocenters. The van der Waals surface area contributed by atoms with Gasteiger partial charge in [-0.1, -0.05) is 17.9 Å². The topological polar surface area (TPSA) is 62.8 Å². The van der Waals surface area contributed by atoms with Crippen LogP contribution < -0.4 is 15.4 Å². The second-order valence-electron chi connectivity index (χ2n) is 4.78.